The summed E-state index contributed by atoms with van der Waals surface area (Å²) in [5.41, 5.74) is 3.57. The Labute approximate surface area is 177 Å². The Kier molecular flexibility index (Phi) is 5.34. The highest BCUT2D eigenvalue weighted by Crippen LogP contribution is 2.44. The largest absolute Gasteiger partial charge is 0.383 e. The van der Waals surface area contributed by atoms with Crippen LogP contribution in [0.15, 0.2) is 42.5 Å². The zero-order valence-electron chi connectivity index (χ0n) is 14.9. The number of aromatic nitrogens is 2. The van der Waals surface area contributed by atoms with E-state index < -0.39 is 6.04 Å². The number of rotatable bonds is 5. The summed E-state index contributed by atoms with van der Waals surface area (Å²) in [5, 5.41) is 8.97. The molecule has 1 aromatic heterocycles. The van der Waals surface area contributed by atoms with Crippen LogP contribution in [0.1, 0.15) is 27.7 Å². The van der Waals surface area contributed by atoms with E-state index in [9.17, 15) is 4.79 Å². The number of nitrogens with one attached hydrogen (secondary N) is 1. The average Bonchev–Trinajstić information content (AvgIpc) is 3.21. The molecule has 1 atom stereocenters. The Balaban J connectivity index is 1.88. The Morgan fingerprint density at radius 2 is 1.82 bits per heavy atom. The van der Waals surface area contributed by atoms with Gasteiger partial charge in [-0.15, -0.1) is 0 Å². The van der Waals surface area contributed by atoms with Crippen LogP contribution >= 0.6 is 34.8 Å². The predicted molar refractivity (Wildman–Crippen MR) is 110 cm³/mol. The number of ether oxygens (including phenoxy) is 1. The molecule has 1 N–H and O–H groups in total. The van der Waals surface area contributed by atoms with Crippen molar-refractivity contribution in [3.05, 3.63) is 74.4 Å². The second-order valence-electron chi connectivity index (χ2n) is 6.43. The maximum absolute atomic E-state index is 13.1. The van der Waals surface area contributed by atoms with Crippen LogP contribution in [0.2, 0.25) is 15.1 Å². The summed E-state index contributed by atoms with van der Waals surface area (Å²) in [4.78, 5) is 14.8. The van der Waals surface area contributed by atoms with Crippen molar-refractivity contribution in [2.45, 2.75) is 6.04 Å². The number of hydrogen-bond donors (Lipinski definition) is 1. The lowest BCUT2D eigenvalue weighted by molar-refractivity contribution is 0.0677. The van der Waals surface area contributed by atoms with Crippen molar-refractivity contribution in [3.8, 4) is 11.3 Å². The number of halogens is 3. The van der Waals surface area contributed by atoms with Gasteiger partial charge in [0.25, 0.3) is 5.91 Å². The number of fused-ring (bicyclic) bond motifs is 1. The van der Waals surface area contributed by atoms with Crippen molar-refractivity contribution in [2.24, 2.45) is 0 Å². The highest BCUT2D eigenvalue weighted by atomic mass is 35.5. The van der Waals surface area contributed by atoms with Gasteiger partial charge in [-0.1, -0.05) is 53.0 Å². The van der Waals surface area contributed by atoms with E-state index in [2.05, 4.69) is 10.2 Å². The molecule has 0 bridgehead atoms. The monoisotopic (exact) mass is 435 g/mol. The van der Waals surface area contributed by atoms with Gasteiger partial charge < -0.3 is 9.64 Å². The first kappa shape index (κ1) is 19.3. The lowest BCUT2D eigenvalue weighted by Gasteiger charge is -2.26. The standard InChI is InChI=1S/C20H16Cl3N3O2/c1-28-9-8-26-19(14-7-6-13(22)10-15(14)23)16-17(24-25-18(16)20(26)27)11-2-4-12(21)5-3-11/h2-7,10,19H,8-9H2,1H3,(H,24,25). The Morgan fingerprint density at radius 1 is 1.11 bits per heavy atom. The molecule has 5 nitrogen and oxygen atoms in total. The third kappa shape index (κ3) is 3.29. The molecule has 1 unspecified atom stereocenters. The molecule has 2 aromatic carbocycles. The molecular weight excluding hydrogens is 421 g/mol. The molecule has 0 spiro atoms. The third-order valence-corrected chi connectivity index (χ3v) is 5.59. The summed E-state index contributed by atoms with van der Waals surface area (Å²) >= 11 is 18.6. The molecule has 28 heavy (non-hydrogen) atoms. The number of carbonyl (C=O) groups excluding carboxylic acids is 1. The van der Waals surface area contributed by atoms with E-state index in [0.717, 1.165) is 16.7 Å². The molecule has 8 heteroatoms. The van der Waals surface area contributed by atoms with Crippen molar-refractivity contribution >= 4 is 40.7 Å². The molecular formula is C20H16Cl3N3O2. The van der Waals surface area contributed by atoms with Gasteiger partial charge in [0.2, 0.25) is 0 Å². The second kappa shape index (κ2) is 7.76. The fourth-order valence-electron chi connectivity index (χ4n) is 3.49. The highest BCUT2D eigenvalue weighted by molar-refractivity contribution is 6.35. The lowest BCUT2D eigenvalue weighted by atomic mass is 9.96. The molecule has 4 rings (SSSR count). The van der Waals surface area contributed by atoms with Gasteiger partial charge in [0.05, 0.1) is 18.3 Å². The van der Waals surface area contributed by atoms with Gasteiger partial charge in [-0.2, -0.15) is 5.10 Å². The fraction of sp³-hybridized carbons (Fsp3) is 0.200. The molecule has 1 aliphatic rings. The van der Waals surface area contributed by atoms with E-state index in [1.54, 1.807) is 36.3 Å². The van der Waals surface area contributed by atoms with Gasteiger partial charge >= 0.3 is 0 Å². The first-order valence-corrected chi connectivity index (χ1v) is 9.73. The summed E-state index contributed by atoms with van der Waals surface area (Å²) in [7, 11) is 1.60. The summed E-state index contributed by atoms with van der Waals surface area (Å²) < 4.78 is 5.20. The molecule has 1 amide bonds. The first-order chi connectivity index (χ1) is 13.5. The van der Waals surface area contributed by atoms with Gasteiger partial charge in [-0.3, -0.25) is 9.89 Å². The molecule has 1 aliphatic heterocycles. The first-order valence-electron chi connectivity index (χ1n) is 8.60. The SMILES string of the molecule is COCCN1C(=O)c2[nH]nc(-c3ccc(Cl)cc3)c2C1c1ccc(Cl)cc1Cl. The number of H-pyrrole nitrogens is 1. The number of hydrogen-bond acceptors (Lipinski definition) is 3. The van der Waals surface area contributed by atoms with Crippen LogP contribution in [0, 0.1) is 0 Å². The number of amides is 1. The zero-order valence-corrected chi connectivity index (χ0v) is 17.1. The van der Waals surface area contributed by atoms with Crippen LogP contribution in [0.5, 0.6) is 0 Å². The average molecular weight is 437 g/mol. The smallest absolute Gasteiger partial charge is 0.273 e. The van der Waals surface area contributed by atoms with E-state index in [0.29, 0.717) is 39.6 Å². The number of carbonyl (C=O) groups is 1. The van der Waals surface area contributed by atoms with Crippen molar-refractivity contribution in [2.75, 3.05) is 20.3 Å². The van der Waals surface area contributed by atoms with Crippen LogP contribution < -0.4 is 0 Å². The second-order valence-corrected chi connectivity index (χ2v) is 7.71. The minimum absolute atomic E-state index is 0.143. The number of benzene rings is 2. The molecule has 3 aromatic rings. The van der Waals surface area contributed by atoms with Crippen LogP contribution in [0.4, 0.5) is 0 Å². The maximum Gasteiger partial charge on any atom is 0.273 e. The molecule has 144 valence electrons. The highest BCUT2D eigenvalue weighted by Gasteiger charge is 2.42. The Hall–Kier alpha value is -2.05. The maximum atomic E-state index is 13.1. The van der Waals surface area contributed by atoms with Crippen LogP contribution in [-0.4, -0.2) is 41.3 Å². The van der Waals surface area contributed by atoms with Gasteiger partial charge in [-0.05, 0) is 29.8 Å². The van der Waals surface area contributed by atoms with Gasteiger partial charge in [0.1, 0.15) is 5.69 Å². The topological polar surface area (TPSA) is 58.2 Å². The minimum Gasteiger partial charge on any atom is -0.383 e. The van der Waals surface area contributed by atoms with Crippen molar-refractivity contribution in [3.63, 3.8) is 0 Å². The Morgan fingerprint density at radius 3 is 2.50 bits per heavy atom. The van der Waals surface area contributed by atoms with Crippen LogP contribution in [-0.2, 0) is 4.74 Å². The normalized spacial score (nSPS) is 15.9. The van der Waals surface area contributed by atoms with Gasteiger partial charge in [-0.25, -0.2) is 0 Å². The summed E-state index contributed by atoms with van der Waals surface area (Å²) in [6, 6.07) is 12.2. The van der Waals surface area contributed by atoms with E-state index in [-0.39, 0.29) is 5.91 Å². The molecule has 0 aliphatic carbocycles. The van der Waals surface area contributed by atoms with Crippen molar-refractivity contribution in [1.29, 1.82) is 0 Å². The van der Waals surface area contributed by atoms with Gasteiger partial charge in [0.15, 0.2) is 0 Å². The van der Waals surface area contributed by atoms with Crippen LogP contribution in [0.3, 0.4) is 0 Å². The molecule has 0 fully saturated rings. The molecule has 0 saturated heterocycles. The van der Waals surface area contributed by atoms with E-state index in [1.807, 2.05) is 18.2 Å². The summed E-state index contributed by atoms with van der Waals surface area (Å²) in [6.45, 7) is 0.822. The van der Waals surface area contributed by atoms with E-state index in [1.165, 1.54) is 0 Å². The third-order valence-electron chi connectivity index (χ3n) is 4.77. The number of aromatic amines is 1. The van der Waals surface area contributed by atoms with Crippen LogP contribution in [0.25, 0.3) is 11.3 Å². The van der Waals surface area contributed by atoms with Gasteiger partial charge in [0, 0.05) is 39.8 Å². The number of methoxy groups -OCH3 is 1. The lowest BCUT2D eigenvalue weighted by Crippen LogP contribution is -2.32. The van der Waals surface area contributed by atoms with Crippen molar-refractivity contribution in [1.82, 2.24) is 15.1 Å². The van der Waals surface area contributed by atoms with Crippen molar-refractivity contribution < 1.29 is 9.53 Å². The predicted octanol–water partition coefficient (Wildman–Crippen LogP) is 5.23. The molecule has 2 heterocycles. The van der Waals surface area contributed by atoms with E-state index in [4.69, 9.17) is 39.5 Å². The summed E-state index contributed by atoms with van der Waals surface area (Å²) in [5.74, 6) is -0.143. The fourth-order valence-corrected chi connectivity index (χ4v) is 4.13. The zero-order chi connectivity index (χ0) is 19.8. The Bertz CT molecular complexity index is 1030. The summed E-state index contributed by atoms with van der Waals surface area (Å²) in [6.07, 6.45) is 0. The number of nitrogens with zero attached hydrogens (tertiary/aromatic N) is 2. The quantitative estimate of drug-likeness (QED) is 0.596. The van der Waals surface area contributed by atoms with E-state index >= 15 is 0 Å². The molecule has 0 saturated carbocycles. The molecule has 0 radical (unpaired) electrons. The minimum atomic E-state index is -0.396.